The van der Waals surface area contributed by atoms with Crippen molar-refractivity contribution in [3.8, 4) is 5.75 Å². The second kappa shape index (κ2) is 14.2. The zero-order valence-electron chi connectivity index (χ0n) is 20.9. The summed E-state index contributed by atoms with van der Waals surface area (Å²) in [7, 11) is 1.56. The van der Waals surface area contributed by atoms with Gasteiger partial charge in [-0.3, -0.25) is 19.6 Å². The van der Waals surface area contributed by atoms with Crippen LogP contribution in [0.1, 0.15) is 18.9 Å². The number of hydrogen-bond acceptors (Lipinski definition) is 9. The molecular weight excluding hydrogens is 587 g/mol. The molecule has 2 aromatic carbocycles. The summed E-state index contributed by atoms with van der Waals surface area (Å²) in [6, 6.07) is 7.43. The molecule has 0 saturated carbocycles. The third-order valence-corrected chi connectivity index (χ3v) is 7.66. The Bertz CT molecular complexity index is 1480. The number of aliphatic imine (C=N–C) groups is 2. The van der Waals surface area contributed by atoms with Crippen LogP contribution in [-0.4, -0.2) is 58.7 Å². The number of benzene rings is 2. The fourth-order valence-corrected chi connectivity index (χ4v) is 5.72. The highest BCUT2D eigenvalue weighted by atomic mass is 35.5. The molecule has 0 atom stereocenters. The Morgan fingerprint density at radius 3 is 2.74 bits per heavy atom. The molecule has 3 aromatic rings. The molecule has 1 amide bonds. The van der Waals surface area contributed by atoms with E-state index in [1.54, 1.807) is 26.1 Å². The number of halogens is 2. The van der Waals surface area contributed by atoms with Gasteiger partial charge in [0.15, 0.2) is 8.29 Å². The zero-order valence-corrected chi connectivity index (χ0v) is 24.1. The number of carboxylic acids is 1. The van der Waals surface area contributed by atoms with Crippen LogP contribution in [0.3, 0.4) is 0 Å². The Morgan fingerprint density at radius 2 is 2.10 bits per heavy atom. The molecule has 0 aliphatic rings. The number of thioether (sulfide) groups is 1. The maximum atomic E-state index is 13.6. The lowest BCUT2D eigenvalue weighted by molar-refractivity contribution is -0.136. The first kappa shape index (κ1) is 30.2. The van der Waals surface area contributed by atoms with Crippen LogP contribution in [0.2, 0.25) is 5.02 Å². The van der Waals surface area contributed by atoms with Crippen LogP contribution in [0.25, 0.3) is 0 Å². The fraction of sp³-hybridized carbons (Fsp3) is 0.250. The summed E-state index contributed by atoms with van der Waals surface area (Å²) < 4.78 is 21.7. The number of rotatable bonds is 12. The van der Waals surface area contributed by atoms with E-state index < -0.39 is 17.7 Å². The number of nitrogens with zero attached hydrogens (tertiary/aromatic N) is 4. The molecule has 1 aromatic heterocycles. The largest absolute Gasteiger partial charge is 0.492 e. The highest BCUT2D eigenvalue weighted by Crippen LogP contribution is 2.34. The van der Waals surface area contributed by atoms with E-state index in [0.717, 1.165) is 0 Å². The number of aliphatic carboxylic acids is 1. The van der Waals surface area contributed by atoms with E-state index in [4.69, 9.17) is 33.7 Å². The van der Waals surface area contributed by atoms with Crippen molar-refractivity contribution >= 4 is 88.4 Å². The van der Waals surface area contributed by atoms with Crippen molar-refractivity contribution < 1.29 is 23.8 Å². The van der Waals surface area contributed by atoms with Gasteiger partial charge in [0.2, 0.25) is 5.91 Å². The number of ether oxygens (including phenoxy) is 1. The van der Waals surface area contributed by atoms with Crippen molar-refractivity contribution in [2.24, 2.45) is 9.98 Å². The number of amides is 1. The summed E-state index contributed by atoms with van der Waals surface area (Å²) in [5.41, 5.74) is 1.77. The van der Waals surface area contributed by atoms with E-state index in [1.807, 2.05) is 0 Å². The summed E-state index contributed by atoms with van der Waals surface area (Å²) in [6.45, 7) is 5.59. The summed E-state index contributed by atoms with van der Waals surface area (Å²) >= 11 is 13.7. The minimum atomic E-state index is -0.903. The Balaban J connectivity index is 1.86. The highest BCUT2D eigenvalue weighted by molar-refractivity contribution is 8.01. The summed E-state index contributed by atoms with van der Waals surface area (Å²) in [6.07, 6.45) is -0.0122. The number of amidine groups is 1. The van der Waals surface area contributed by atoms with E-state index >= 15 is 0 Å². The summed E-state index contributed by atoms with van der Waals surface area (Å²) in [5, 5.41) is 19.0. The predicted octanol–water partition coefficient (Wildman–Crippen LogP) is 5.89. The number of carboxylic acid groups (broad SMARTS) is 1. The number of hydrogen-bond donors (Lipinski definition) is 3. The lowest BCUT2D eigenvalue weighted by Gasteiger charge is -2.17. The minimum absolute atomic E-state index is 0.0122. The maximum Gasteiger partial charge on any atom is 0.304 e. The highest BCUT2D eigenvalue weighted by Gasteiger charge is 2.18. The molecule has 0 spiro atoms. The first-order chi connectivity index (χ1) is 18.6. The normalized spacial score (nSPS) is 11.2. The maximum absolute atomic E-state index is 13.6. The number of aromatic nitrogens is 2. The molecule has 15 heteroatoms. The van der Waals surface area contributed by atoms with Crippen molar-refractivity contribution in [3.63, 3.8) is 0 Å². The third-order valence-electron chi connectivity index (χ3n) is 4.93. The van der Waals surface area contributed by atoms with Crippen LogP contribution in [0.5, 0.6) is 5.75 Å². The van der Waals surface area contributed by atoms with Crippen LogP contribution in [0.4, 0.5) is 21.5 Å². The molecule has 0 aliphatic heterocycles. The molecule has 10 nitrogen and oxygen atoms in total. The van der Waals surface area contributed by atoms with Gasteiger partial charge in [0.25, 0.3) is 0 Å². The number of carbonyl (C=O) groups excluding carboxylic acids is 1. The van der Waals surface area contributed by atoms with Crippen molar-refractivity contribution in [1.29, 1.82) is 0 Å². The van der Waals surface area contributed by atoms with Gasteiger partial charge in [-0.15, -0.1) is 0 Å². The van der Waals surface area contributed by atoms with Crippen molar-refractivity contribution in [3.05, 3.63) is 50.7 Å². The van der Waals surface area contributed by atoms with E-state index in [-0.39, 0.29) is 18.0 Å². The van der Waals surface area contributed by atoms with Gasteiger partial charge >= 0.3 is 5.97 Å². The molecule has 0 radical (unpaired) electrons. The van der Waals surface area contributed by atoms with Gasteiger partial charge < -0.3 is 20.5 Å². The molecular formula is C24H24ClFN6O4S3. The zero-order chi connectivity index (χ0) is 28.5. The molecule has 0 aliphatic carbocycles. The van der Waals surface area contributed by atoms with E-state index in [2.05, 4.69) is 32.4 Å². The van der Waals surface area contributed by atoms with Crippen LogP contribution in [-0.2, 0) is 16.1 Å². The standard InChI is InChI=1S/C24H24ClFN6O4S3/c1-4-36-19-11-17(27-2)14(22(28-3)29-13-5-6-16(26)15(25)9-13)10-18(19)30-20(33)12-32-24(37)39-23(31-32)38-8-7-21(34)35/h5-6,9-11H,2,4,7-8,12H2,1,3H3,(H,28,29)(H,30,33)(H,34,35). The number of carbonyl (C=O) groups is 2. The van der Waals surface area contributed by atoms with Crippen molar-refractivity contribution in [2.75, 3.05) is 30.0 Å². The van der Waals surface area contributed by atoms with Gasteiger partial charge in [-0.2, -0.15) is 5.10 Å². The second-order valence-electron chi connectivity index (χ2n) is 7.61. The van der Waals surface area contributed by atoms with Gasteiger partial charge in [0.1, 0.15) is 23.9 Å². The fourth-order valence-electron chi connectivity index (χ4n) is 3.21. The Hall–Kier alpha value is -3.33. The van der Waals surface area contributed by atoms with Gasteiger partial charge in [-0.25, -0.2) is 9.07 Å². The third kappa shape index (κ3) is 8.33. The predicted molar refractivity (Wildman–Crippen MR) is 157 cm³/mol. The van der Waals surface area contributed by atoms with Gasteiger partial charge in [0, 0.05) is 30.1 Å². The average Bonchev–Trinajstić information content (AvgIpc) is 3.23. The van der Waals surface area contributed by atoms with E-state index in [0.29, 0.717) is 54.9 Å². The van der Waals surface area contributed by atoms with Crippen LogP contribution >= 0.6 is 46.9 Å². The van der Waals surface area contributed by atoms with Gasteiger partial charge in [0.05, 0.1) is 29.4 Å². The molecule has 206 valence electrons. The molecule has 0 fully saturated rings. The quantitative estimate of drug-likeness (QED) is 0.100. The average molecular weight is 611 g/mol. The lowest BCUT2D eigenvalue weighted by Crippen LogP contribution is -2.21. The van der Waals surface area contributed by atoms with E-state index in [1.165, 1.54) is 46.0 Å². The van der Waals surface area contributed by atoms with Crippen LogP contribution < -0.4 is 15.4 Å². The molecule has 3 rings (SSSR count). The Morgan fingerprint density at radius 1 is 1.33 bits per heavy atom. The number of anilines is 2. The number of nitrogens with one attached hydrogen (secondary N) is 2. The SMILES string of the molecule is C=Nc1cc(OCC)c(NC(=O)Cn2nc(SCCC(=O)O)sc2=S)cc1C(=NC)Nc1ccc(F)c(Cl)c1. The minimum Gasteiger partial charge on any atom is -0.492 e. The Kier molecular flexibility index (Phi) is 11.0. The molecule has 0 unspecified atom stereocenters. The van der Waals surface area contributed by atoms with Crippen molar-refractivity contribution in [2.45, 2.75) is 24.2 Å². The molecule has 0 bridgehead atoms. The molecule has 1 heterocycles. The topological polar surface area (TPSA) is 130 Å². The molecule has 3 N–H and O–H groups in total. The monoisotopic (exact) mass is 610 g/mol. The van der Waals surface area contributed by atoms with Crippen LogP contribution in [0.15, 0.2) is 44.7 Å². The first-order valence-electron chi connectivity index (χ1n) is 11.3. The summed E-state index contributed by atoms with van der Waals surface area (Å²) in [4.78, 5) is 32.1. The van der Waals surface area contributed by atoms with Crippen LogP contribution in [0, 0.1) is 9.77 Å². The second-order valence-corrected chi connectivity index (χ2v) is 11.0. The van der Waals surface area contributed by atoms with E-state index in [9.17, 15) is 14.0 Å². The lowest BCUT2D eigenvalue weighted by atomic mass is 10.1. The van der Waals surface area contributed by atoms with Crippen molar-refractivity contribution in [1.82, 2.24) is 9.78 Å². The molecule has 0 saturated heterocycles. The molecule has 39 heavy (non-hydrogen) atoms. The smallest absolute Gasteiger partial charge is 0.304 e. The van der Waals surface area contributed by atoms with Gasteiger partial charge in [-0.1, -0.05) is 34.7 Å². The van der Waals surface area contributed by atoms with Gasteiger partial charge in [-0.05, 0) is 50.1 Å². The Labute approximate surface area is 242 Å². The first-order valence-corrected chi connectivity index (χ1v) is 13.9. The summed E-state index contributed by atoms with van der Waals surface area (Å²) in [5.74, 6) is -0.804.